The number of alkyl halides is 3. The standard InChI is InChI=1S/C29H49F3O2/c1-18(2)25(33)8-6-7-19(3)22-11-12-23-21-10-9-20-17-28(34,29(30,31)32)16-15-26(20,4)24(21)13-14-27(22,23)5/h18-25,33-34H,6-17H2,1-5H3/t19-,20+,21+,22-,23+,24+,25-,26+,27-,28+/m1/s1. The van der Waals surface area contributed by atoms with E-state index in [9.17, 15) is 23.4 Å². The third-order valence-corrected chi connectivity index (χ3v) is 11.9. The molecule has 4 saturated carbocycles. The summed E-state index contributed by atoms with van der Waals surface area (Å²) in [6.07, 6.45) is 5.52. The minimum Gasteiger partial charge on any atom is -0.393 e. The molecule has 4 rings (SSSR count). The van der Waals surface area contributed by atoms with Gasteiger partial charge < -0.3 is 10.2 Å². The van der Waals surface area contributed by atoms with Crippen molar-refractivity contribution in [3.8, 4) is 0 Å². The van der Waals surface area contributed by atoms with Crippen molar-refractivity contribution >= 4 is 0 Å². The average molecular weight is 487 g/mol. The van der Waals surface area contributed by atoms with E-state index in [0.29, 0.717) is 41.4 Å². The Hall–Kier alpha value is -0.290. The average Bonchev–Trinajstić information content (AvgIpc) is 3.10. The smallest absolute Gasteiger partial charge is 0.393 e. The highest BCUT2D eigenvalue weighted by molar-refractivity contribution is 5.11. The predicted molar refractivity (Wildman–Crippen MR) is 130 cm³/mol. The Morgan fingerprint density at radius 3 is 2.18 bits per heavy atom. The summed E-state index contributed by atoms with van der Waals surface area (Å²) in [6, 6.07) is 0. The first-order chi connectivity index (χ1) is 15.7. The summed E-state index contributed by atoms with van der Waals surface area (Å²) >= 11 is 0. The monoisotopic (exact) mass is 486 g/mol. The van der Waals surface area contributed by atoms with E-state index < -0.39 is 11.8 Å². The molecule has 0 aromatic carbocycles. The van der Waals surface area contributed by atoms with Crippen LogP contribution in [0.4, 0.5) is 13.2 Å². The van der Waals surface area contributed by atoms with Crippen LogP contribution in [0.5, 0.6) is 0 Å². The van der Waals surface area contributed by atoms with Gasteiger partial charge >= 0.3 is 6.18 Å². The molecule has 0 unspecified atom stereocenters. The van der Waals surface area contributed by atoms with Gasteiger partial charge in [0.15, 0.2) is 5.60 Å². The number of hydrogen-bond acceptors (Lipinski definition) is 2. The molecule has 0 amide bonds. The molecule has 0 spiro atoms. The lowest BCUT2D eigenvalue weighted by atomic mass is 9.43. The highest BCUT2D eigenvalue weighted by atomic mass is 19.4. The molecule has 0 aliphatic heterocycles. The van der Waals surface area contributed by atoms with Gasteiger partial charge in [-0.1, -0.05) is 47.5 Å². The molecular formula is C29H49F3O2. The molecule has 5 heteroatoms. The van der Waals surface area contributed by atoms with Crippen molar-refractivity contribution < 1.29 is 23.4 Å². The maximum atomic E-state index is 13.6. The maximum Gasteiger partial charge on any atom is 0.417 e. The minimum atomic E-state index is -4.52. The summed E-state index contributed by atoms with van der Waals surface area (Å²) in [7, 11) is 0. The molecule has 2 N–H and O–H groups in total. The van der Waals surface area contributed by atoms with Gasteiger partial charge in [0.25, 0.3) is 0 Å². The van der Waals surface area contributed by atoms with Crippen molar-refractivity contribution in [2.75, 3.05) is 0 Å². The van der Waals surface area contributed by atoms with Gasteiger partial charge in [0, 0.05) is 0 Å². The lowest BCUT2D eigenvalue weighted by Gasteiger charge is -2.62. The molecule has 0 heterocycles. The van der Waals surface area contributed by atoms with E-state index in [-0.39, 0.29) is 30.3 Å². The van der Waals surface area contributed by atoms with Crippen LogP contribution in [0, 0.1) is 52.3 Å². The van der Waals surface area contributed by atoms with Crippen LogP contribution in [-0.2, 0) is 0 Å². The lowest BCUT2D eigenvalue weighted by molar-refractivity contribution is -0.290. The van der Waals surface area contributed by atoms with E-state index in [0.717, 1.165) is 38.0 Å². The second-order valence-corrected chi connectivity index (χ2v) is 13.8. The van der Waals surface area contributed by atoms with E-state index in [1.807, 2.05) is 0 Å². The molecule has 4 fully saturated rings. The number of hydrogen-bond donors (Lipinski definition) is 2. The fourth-order valence-electron chi connectivity index (χ4n) is 9.66. The molecule has 10 atom stereocenters. The van der Waals surface area contributed by atoms with Crippen molar-refractivity contribution in [3.05, 3.63) is 0 Å². The van der Waals surface area contributed by atoms with Crippen LogP contribution in [-0.4, -0.2) is 28.1 Å². The number of aliphatic hydroxyl groups is 2. The van der Waals surface area contributed by atoms with Gasteiger partial charge in [-0.05, 0) is 116 Å². The topological polar surface area (TPSA) is 40.5 Å². The van der Waals surface area contributed by atoms with Gasteiger partial charge in [-0.2, -0.15) is 13.2 Å². The fraction of sp³-hybridized carbons (Fsp3) is 1.00. The van der Waals surface area contributed by atoms with Crippen LogP contribution in [0.25, 0.3) is 0 Å². The fourth-order valence-corrected chi connectivity index (χ4v) is 9.66. The van der Waals surface area contributed by atoms with Crippen molar-refractivity contribution in [2.24, 2.45) is 52.3 Å². The third-order valence-electron chi connectivity index (χ3n) is 11.9. The molecule has 0 aromatic rings. The Bertz CT molecular complexity index is 723. The van der Waals surface area contributed by atoms with Gasteiger partial charge in [0.05, 0.1) is 6.10 Å². The number of rotatable bonds is 6. The van der Waals surface area contributed by atoms with Crippen molar-refractivity contribution in [2.45, 2.75) is 130 Å². The molecule has 2 nitrogen and oxygen atoms in total. The zero-order valence-electron chi connectivity index (χ0n) is 22.1. The van der Waals surface area contributed by atoms with Crippen molar-refractivity contribution in [1.82, 2.24) is 0 Å². The molecule has 0 aromatic heterocycles. The van der Waals surface area contributed by atoms with Gasteiger partial charge in [-0.3, -0.25) is 0 Å². The molecule has 34 heavy (non-hydrogen) atoms. The van der Waals surface area contributed by atoms with Crippen LogP contribution < -0.4 is 0 Å². The zero-order chi connectivity index (χ0) is 25.1. The van der Waals surface area contributed by atoms with Crippen LogP contribution in [0.3, 0.4) is 0 Å². The van der Waals surface area contributed by atoms with E-state index >= 15 is 0 Å². The maximum absolute atomic E-state index is 13.6. The van der Waals surface area contributed by atoms with E-state index in [2.05, 4.69) is 34.6 Å². The SMILES string of the molecule is CC(C)[C@H](O)CCC[C@@H](C)[C@H]1CC[C@H]2[C@@H]3CC[C@H]4C[C@](O)(C(F)(F)F)CC[C@]4(C)[C@H]3CC[C@]12C. The Balaban J connectivity index is 1.43. The van der Waals surface area contributed by atoms with Crippen LogP contribution in [0.15, 0.2) is 0 Å². The van der Waals surface area contributed by atoms with Gasteiger partial charge in [-0.15, -0.1) is 0 Å². The summed E-state index contributed by atoms with van der Waals surface area (Å²) in [5.74, 6) is 3.54. The van der Waals surface area contributed by atoms with E-state index in [1.54, 1.807) is 0 Å². The zero-order valence-corrected chi connectivity index (χ0v) is 22.1. The molecule has 4 aliphatic carbocycles. The van der Waals surface area contributed by atoms with Gasteiger partial charge in [0.1, 0.15) is 0 Å². The van der Waals surface area contributed by atoms with Crippen molar-refractivity contribution in [1.29, 1.82) is 0 Å². The summed E-state index contributed by atoms with van der Waals surface area (Å²) in [5, 5.41) is 20.6. The number of halogens is 3. The molecule has 0 bridgehead atoms. The summed E-state index contributed by atoms with van der Waals surface area (Å²) in [4.78, 5) is 0. The molecule has 0 radical (unpaired) electrons. The highest BCUT2D eigenvalue weighted by Crippen LogP contribution is 2.69. The molecular weight excluding hydrogens is 437 g/mol. The second kappa shape index (κ2) is 9.23. The van der Waals surface area contributed by atoms with Crippen molar-refractivity contribution in [3.63, 3.8) is 0 Å². The summed E-state index contributed by atoms with van der Waals surface area (Å²) < 4.78 is 40.8. The number of fused-ring (bicyclic) bond motifs is 5. The van der Waals surface area contributed by atoms with E-state index in [4.69, 9.17) is 0 Å². The summed E-state index contributed by atoms with van der Waals surface area (Å²) in [5.41, 5.74) is -2.19. The first-order valence-electron chi connectivity index (χ1n) is 14.2. The quantitative estimate of drug-likeness (QED) is 0.403. The lowest BCUT2D eigenvalue weighted by Crippen LogP contribution is -2.59. The first-order valence-corrected chi connectivity index (χ1v) is 14.2. The molecule has 4 aliphatic rings. The van der Waals surface area contributed by atoms with Gasteiger partial charge in [0.2, 0.25) is 0 Å². The van der Waals surface area contributed by atoms with Crippen LogP contribution in [0.1, 0.15) is 112 Å². The Kier molecular flexibility index (Phi) is 7.26. The molecule has 198 valence electrons. The largest absolute Gasteiger partial charge is 0.417 e. The normalized spacial score (nSPS) is 46.5. The number of aliphatic hydroxyl groups excluding tert-OH is 1. The minimum absolute atomic E-state index is 0.0120. The Labute approximate surface area is 205 Å². The van der Waals surface area contributed by atoms with Gasteiger partial charge in [-0.25, -0.2) is 0 Å². The summed E-state index contributed by atoms with van der Waals surface area (Å²) in [6.45, 7) is 11.4. The Morgan fingerprint density at radius 2 is 1.53 bits per heavy atom. The van der Waals surface area contributed by atoms with Crippen LogP contribution >= 0.6 is 0 Å². The first kappa shape index (κ1) is 26.8. The molecule has 0 saturated heterocycles. The van der Waals surface area contributed by atoms with Crippen LogP contribution in [0.2, 0.25) is 0 Å². The van der Waals surface area contributed by atoms with E-state index in [1.165, 1.54) is 25.7 Å². The second-order valence-electron chi connectivity index (χ2n) is 13.8. The Morgan fingerprint density at radius 1 is 0.853 bits per heavy atom. The predicted octanol–water partition coefficient (Wildman–Crippen LogP) is 7.76. The highest BCUT2D eigenvalue weighted by Gasteiger charge is 2.65. The third kappa shape index (κ3) is 4.37.